The molecule has 0 N–H and O–H groups in total. The molecular weight excluding hydrogens is 395 g/mol. The van der Waals surface area contributed by atoms with E-state index >= 15 is 0 Å². The van der Waals surface area contributed by atoms with E-state index in [1.165, 1.54) is 16.4 Å². The summed E-state index contributed by atoms with van der Waals surface area (Å²) < 4.78 is 69.6. The van der Waals surface area contributed by atoms with Crippen LogP contribution in [0.4, 0.5) is 13.2 Å². The number of halogens is 4. The number of hydrogen-bond donors (Lipinski definition) is 0. The van der Waals surface area contributed by atoms with Crippen LogP contribution in [0, 0.1) is 6.92 Å². The standard InChI is InChI=1S/C15H15ClF3N3O3S/c1-9-11(16)5-2-6-12(9)26(23,24)22-7-3-4-10(8-22)13-20-21-14(25-13)15(17,18)19/h2,5-6,10H,3-4,7-8H2,1H3/t10-/m0/s1. The molecule has 1 aromatic carbocycles. The molecule has 2 heterocycles. The van der Waals surface area contributed by atoms with E-state index in [1.807, 2.05) is 0 Å². The topological polar surface area (TPSA) is 76.3 Å². The van der Waals surface area contributed by atoms with E-state index in [9.17, 15) is 21.6 Å². The minimum absolute atomic E-state index is 0.0340. The van der Waals surface area contributed by atoms with Gasteiger partial charge in [0.25, 0.3) is 0 Å². The Bertz CT molecular complexity index is 914. The van der Waals surface area contributed by atoms with Crippen LogP contribution in [0.25, 0.3) is 0 Å². The molecule has 26 heavy (non-hydrogen) atoms. The van der Waals surface area contributed by atoms with Crippen LogP contribution in [0.1, 0.15) is 36.1 Å². The minimum Gasteiger partial charge on any atom is -0.417 e. The van der Waals surface area contributed by atoms with Gasteiger partial charge in [0, 0.05) is 18.1 Å². The lowest BCUT2D eigenvalue weighted by molar-refractivity contribution is -0.157. The van der Waals surface area contributed by atoms with Crippen LogP contribution in [0.3, 0.4) is 0 Å². The highest BCUT2D eigenvalue weighted by atomic mass is 35.5. The molecular formula is C15H15ClF3N3O3S. The molecule has 0 radical (unpaired) electrons. The number of aromatic nitrogens is 2. The van der Waals surface area contributed by atoms with Crippen molar-refractivity contribution in [3.05, 3.63) is 40.6 Å². The van der Waals surface area contributed by atoms with Crippen LogP contribution in [0.5, 0.6) is 0 Å². The quantitative estimate of drug-likeness (QED) is 0.773. The van der Waals surface area contributed by atoms with Crippen LogP contribution < -0.4 is 0 Å². The van der Waals surface area contributed by atoms with E-state index < -0.39 is 28.0 Å². The number of sulfonamides is 1. The van der Waals surface area contributed by atoms with Gasteiger partial charge in [0.05, 0.1) is 10.8 Å². The number of rotatable bonds is 3. The summed E-state index contributed by atoms with van der Waals surface area (Å²) >= 11 is 6.01. The lowest BCUT2D eigenvalue weighted by atomic mass is 10.00. The predicted octanol–water partition coefficient (Wildman–Crippen LogP) is 3.62. The van der Waals surface area contributed by atoms with Gasteiger partial charge in [-0.05, 0) is 37.5 Å². The van der Waals surface area contributed by atoms with Gasteiger partial charge in [0.15, 0.2) is 0 Å². The molecule has 2 aromatic rings. The number of alkyl halides is 3. The zero-order valence-electron chi connectivity index (χ0n) is 13.6. The van der Waals surface area contributed by atoms with Crippen LogP contribution in [-0.4, -0.2) is 36.0 Å². The molecule has 1 aliphatic rings. The molecule has 3 rings (SSSR count). The summed E-state index contributed by atoms with van der Waals surface area (Å²) in [4.78, 5) is 0.0761. The first-order valence-electron chi connectivity index (χ1n) is 7.76. The van der Waals surface area contributed by atoms with Crippen molar-refractivity contribution in [1.29, 1.82) is 0 Å². The van der Waals surface area contributed by atoms with Crippen molar-refractivity contribution < 1.29 is 26.0 Å². The summed E-state index contributed by atoms with van der Waals surface area (Å²) in [6, 6.07) is 4.58. The number of piperidine rings is 1. The van der Waals surface area contributed by atoms with Crippen LogP contribution in [-0.2, 0) is 16.2 Å². The van der Waals surface area contributed by atoms with E-state index in [0.29, 0.717) is 23.4 Å². The molecule has 1 atom stereocenters. The summed E-state index contributed by atoms with van der Waals surface area (Å²) in [7, 11) is -3.84. The Morgan fingerprint density at radius 3 is 2.69 bits per heavy atom. The Hall–Kier alpha value is -1.65. The lowest BCUT2D eigenvalue weighted by Crippen LogP contribution is -2.39. The molecule has 1 saturated heterocycles. The zero-order chi connectivity index (χ0) is 19.1. The molecule has 11 heteroatoms. The van der Waals surface area contributed by atoms with E-state index in [2.05, 4.69) is 10.2 Å². The van der Waals surface area contributed by atoms with Crippen molar-refractivity contribution >= 4 is 21.6 Å². The minimum atomic E-state index is -4.73. The predicted molar refractivity (Wildman–Crippen MR) is 86.2 cm³/mol. The third-order valence-electron chi connectivity index (χ3n) is 4.25. The van der Waals surface area contributed by atoms with Gasteiger partial charge in [0.1, 0.15) is 0 Å². The number of nitrogens with zero attached hydrogens (tertiary/aromatic N) is 3. The van der Waals surface area contributed by atoms with E-state index in [0.717, 1.165) is 0 Å². The highest BCUT2D eigenvalue weighted by Crippen LogP contribution is 2.34. The maximum atomic E-state index is 12.9. The smallest absolute Gasteiger partial charge is 0.417 e. The molecule has 0 unspecified atom stereocenters. The second-order valence-corrected chi connectivity index (χ2v) is 8.32. The number of benzene rings is 1. The Morgan fingerprint density at radius 1 is 1.31 bits per heavy atom. The summed E-state index contributed by atoms with van der Waals surface area (Å²) in [5.74, 6) is -2.24. The van der Waals surface area contributed by atoms with Crippen molar-refractivity contribution in [1.82, 2.24) is 14.5 Å². The van der Waals surface area contributed by atoms with Crippen molar-refractivity contribution in [3.8, 4) is 0 Å². The van der Waals surface area contributed by atoms with Gasteiger partial charge < -0.3 is 4.42 Å². The second kappa shape index (κ2) is 6.82. The normalized spacial score (nSPS) is 19.7. The van der Waals surface area contributed by atoms with Crippen molar-refractivity contribution in [2.45, 2.75) is 36.8 Å². The average molecular weight is 410 g/mol. The molecule has 6 nitrogen and oxygen atoms in total. The zero-order valence-corrected chi connectivity index (χ0v) is 15.2. The fraction of sp³-hybridized carbons (Fsp3) is 0.467. The Balaban J connectivity index is 1.86. The molecule has 0 amide bonds. The van der Waals surface area contributed by atoms with Gasteiger partial charge >= 0.3 is 12.1 Å². The number of hydrogen-bond acceptors (Lipinski definition) is 5. The van der Waals surface area contributed by atoms with Gasteiger partial charge in [-0.2, -0.15) is 17.5 Å². The summed E-state index contributed by atoms with van der Waals surface area (Å²) in [6.45, 7) is 1.82. The van der Waals surface area contributed by atoms with E-state index in [1.54, 1.807) is 13.0 Å². The maximum absolute atomic E-state index is 12.9. The monoisotopic (exact) mass is 409 g/mol. The van der Waals surface area contributed by atoms with Gasteiger partial charge in [-0.3, -0.25) is 0 Å². The van der Waals surface area contributed by atoms with Gasteiger partial charge in [-0.25, -0.2) is 8.42 Å². The Morgan fingerprint density at radius 2 is 2.04 bits per heavy atom. The highest BCUT2D eigenvalue weighted by molar-refractivity contribution is 7.89. The van der Waals surface area contributed by atoms with Crippen LogP contribution in [0.2, 0.25) is 5.02 Å². The molecule has 1 fully saturated rings. The molecule has 0 saturated carbocycles. The van der Waals surface area contributed by atoms with Crippen molar-refractivity contribution in [2.24, 2.45) is 0 Å². The third-order valence-corrected chi connectivity index (χ3v) is 6.67. The Kier molecular flexibility index (Phi) is 5.02. The first-order valence-corrected chi connectivity index (χ1v) is 9.58. The highest BCUT2D eigenvalue weighted by Gasteiger charge is 2.40. The van der Waals surface area contributed by atoms with Crippen LogP contribution >= 0.6 is 11.6 Å². The molecule has 0 aliphatic carbocycles. The van der Waals surface area contributed by atoms with Gasteiger partial charge in [-0.15, -0.1) is 10.2 Å². The van der Waals surface area contributed by atoms with Crippen LogP contribution in [0.15, 0.2) is 27.5 Å². The van der Waals surface area contributed by atoms with Crippen molar-refractivity contribution in [2.75, 3.05) is 13.1 Å². The van der Waals surface area contributed by atoms with Crippen molar-refractivity contribution in [3.63, 3.8) is 0 Å². The van der Waals surface area contributed by atoms with Gasteiger partial charge in [0.2, 0.25) is 15.9 Å². The van der Waals surface area contributed by atoms with E-state index in [-0.39, 0.29) is 23.9 Å². The maximum Gasteiger partial charge on any atom is 0.470 e. The third kappa shape index (κ3) is 3.58. The first-order chi connectivity index (χ1) is 12.1. The summed E-state index contributed by atoms with van der Waals surface area (Å²) in [5, 5.41) is 6.78. The van der Waals surface area contributed by atoms with Gasteiger partial charge in [-0.1, -0.05) is 17.7 Å². The lowest BCUT2D eigenvalue weighted by Gasteiger charge is -2.30. The fourth-order valence-electron chi connectivity index (χ4n) is 2.88. The summed E-state index contributed by atoms with van der Waals surface area (Å²) in [5.41, 5.74) is 0.424. The second-order valence-electron chi connectivity index (χ2n) is 6.01. The molecule has 0 spiro atoms. The molecule has 1 aliphatic heterocycles. The SMILES string of the molecule is Cc1c(Cl)cccc1S(=O)(=O)N1CCC[C@H](c2nnc(C(F)(F)F)o2)C1. The van der Waals surface area contributed by atoms with E-state index in [4.69, 9.17) is 16.0 Å². The largest absolute Gasteiger partial charge is 0.470 e. The average Bonchev–Trinajstić information content (AvgIpc) is 3.08. The first kappa shape index (κ1) is 19.1. The Labute approximate surface area is 153 Å². The molecule has 0 bridgehead atoms. The summed E-state index contributed by atoms with van der Waals surface area (Å²) in [6.07, 6.45) is -3.81. The fourth-order valence-corrected chi connectivity index (χ4v) is 4.88. The molecule has 1 aromatic heterocycles. The molecule has 142 valence electrons.